The average molecular weight is 354 g/mol. The molecule has 0 aromatic heterocycles. The van der Waals surface area contributed by atoms with Crippen LogP contribution in [0, 0.1) is 0 Å². The molecule has 1 atom stereocenters. The minimum atomic E-state index is -1.07. The largest absolute Gasteiger partial charge is 0.507 e. The number of phenolic OH excluding ortho intramolecular Hbond substituents is 1. The molecular formula is C16H13Cl2NO4. The summed E-state index contributed by atoms with van der Waals surface area (Å²) in [6.45, 7) is 1.42. The summed E-state index contributed by atoms with van der Waals surface area (Å²) in [7, 11) is 0. The summed E-state index contributed by atoms with van der Waals surface area (Å²) in [6.07, 6.45) is -1.07. The highest BCUT2D eigenvalue weighted by Gasteiger charge is 2.21. The summed E-state index contributed by atoms with van der Waals surface area (Å²) in [5.41, 5.74) is 0.371. The Bertz CT molecular complexity index is 728. The molecule has 5 nitrogen and oxygen atoms in total. The maximum Gasteiger partial charge on any atom is 0.342 e. The van der Waals surface area contributed by atoms with Crippen molar-refractivity contribution in [1.29, 1.82) is 0 Å². The zero-order valence-electron chi connectivity index (χ0n) is 12.0. The summed E-state index contributed by atoms with van der Waals surface area (Å²) >= 11 is 11.7. The third kappa shape index (κ3) is 4.61. The van der Waals surface area contributed by atoms with E-state index in [2.05, 4.69) is 5.32 Å². The van der Waals surface area contributed by atoms with Crippen molar-refractivity contribution in [1.82, 2.24) is 0 Å². The van der Waals surface area contributed by atoms with Crippen molar-refractivity contribution in [2.75, 3.05) is 5.32 Å². The van der Waals surface area contributed by atoms with Crippen LogP contribution in [0.3, 0.4) is 0 Å². The van der Waals surface area contributed by atoms with E-state index in [0.717, 1.165) is 0 Å². The number of ether oxygens (including phenoxy) is 1. The Hall–Kier alpha value is -2.24. The summed E-state index contributed by atoms with van der Waals surface area (Å²) < 4.78 is 5.03. The van der Waals surface area contributed by atoms with Crippen LogP contribution in [-0.4, -0.2) is 23.1 Å². The molecule has 7 heteroatoms. The van der Waals surface area contributed by atoms with E-state index in [4.69, 9.17) is 27.9 Å². The maximum absolute atomic E-state index is 12.0. The number of phenols is 1. The molecule has 1 amide bonds. The van der Waals surface area contributed by atoms with Crippen LogP contribution in [0.1, 0.15) is 17.3 Å². The molecule has 0 radical (unpaired) electrons. The van der Waals surface area contributed by atoms with Gasteiger partial charge in [0.25, 0.3) is 5.91 Å². The molecule has 0 bridgehead atoms. The van der Waals surface area contributed by atoms with E-state index in [1.807, 2.05) is 0 Å². The summed E-state index contributed by atoms with van der Waals surface area (Å²) in [5, 5.41) is 12.9. The number of amides is 1. The van der Waals surface area contributed by atoms with Gasteiger partial charge in [-0.1, -0.05) is 35.3 Å². The first-order chi connectivity index (χ1) is 10.9. The van der Waals surface area contributed by atoms with Gasteiger partial charge in [0.1, 0.15) is 11.3 Å². The van der Waals surface area contributed by atoms with Gasteiger partial charge in [0.05, 0.1) is 0 Å². The lowest BCUT2D eigenvalue weighted by Gasteiger charge is -2.14. The molecule has 0 aliphatic rings. The Morgan fingerprint density at radius 2 is 1.74 bits per heavy atom. The quantitative estimate of drug-likeness (QED) is 0.817. The number of carbonyl (C=O) groups is 2. The second-order valence-electron chi connectivity index (χ2n) is 4.71. The fourth-order valence-corrected chi connectivity index (χ4v) is 2.32. The molecule has 2 rings (SSSR count). The van der Waals surface area contributed by atoms with E-state index in [-0.39, 0.29) is 11.3 Å². The van der Waals surface area contributed by atoms with Gasteiger partial charge in [-0.15, -0.1) is 0 Å². The van der Waals surface area contributed by atoms with Crippen LogP contribution in [0.5, 0.6) is 5.75 Å². The van der Waals surface area contributed by atoms with E-state index in [9.17, 15) is 14.7 Å². The predicted octanol–water partition coefficient (Wildman–Crippen LogP) is 3.88. The molecule has 120 valence electrons. The Kier molecular flexibility index (Phi) is 5.47. The lowest BCUT2D eigenvalue weighted by Crippen LogP contribution is -2.30. The van der Waals surface area contributed by atoms with Gasteiger partial charge in [0, 0.05) is 15.7 Å². The summed E-state index contributed by atoms with van der Waals surface area (Å²) in [6, 6.07) is 10.5. The molecule has 0 aliphatic carbocycles. The van der Waals surface area contributed by atoms with Crippen molar-refractivity contribution in [3.05, 3.63) is 58.1 Å². The van der Waals surface area contributed by atoms with E-state index in [1.54, 1.807) is 12.1 Å². The van der Waals surface area contributed by atoms with Gasteiger partial charge in [-0.25, -0.2) is 4.79 Å². The fourth-order valence-electron chi connectivity index (χ4n) is 1.79. The number of para-hydroxylation sites is 1. The maximum atomic E-state index is 12.0. The van der Waals surface area contributed by atoms with Gasteiger partial charge in [-0.3, -0.25) is 4.79 Å². The highest BCUT2D eigenvalue weighted by atomic mass is 35.5. The number of esters is 1. The number of nitrogens with one attached hydrogen (secondary N) is 1. The molecule has 0 saturated carbocycles. The predicted molar refractivity (Wildman–Crippen MR) is 88.1 cm³/mol. The third-order valence-electron chi connectivity index (χ3n) is 2.91. The lowest BCUT2D eigenvalue weighted by molar-refractivity contribution is -0.123. The number of halogens is 2. The second kappa shape index (κ2) is 7.35. The molecule has 2 aromatic rings. The van der Waals surface area contributed by atoms with Crippen LogP contribution in [0.4, 0.5) is 5.69 Å². The van der Waals surface area contributed by atoms with Crippen LogP contribution >= 0.6 is 23.2 Å². The zero-order chi connectivity index (χ0) is 17.0. The molecule has 0 spiro atoms. The average Bonchev–Trinajstić information content (AvgIpc) is 2.46. The van der Waals surface area contributed by atoms with Crippen molar-refractivity contribution >= 4 is 40.8 Å². The SMILES string of the molecule is C[C@H](OC(=O)c1ccccc1O)C(=O)Nc1cc(Cl)cc(Cl)c1. The van der Waals surface area contributed by atoms with E-state index in [1.165, 1.54) is 37.3 Å². The van der Waals surface area contributed by atoms with Crippen molar-refractivity contribution in [3.8, 4) is 5.75 Å². The monoisotopic (exact) mass is 353 g/mol. The van der Waals surface area contributed by atoms with Crippen molar-refractivity contribution in [2.24, 2.45) is 0 Å². The van der Waals surface area contributed by atoms with Gasteiger partial charge in [-0.05, 0) is 37.3 Å². The third-order valence-corrected chi connectivity index (χ3v) is 3.34. The van der Waals surface area contributed by atoms with Crippen molar-refractivity contribution in [2.45, 2.75) is 13.0 Å². The number of rotatable bonds is 4. The van der Waals surface area contributed by atoms with Gasteiger partial charge in [0.2, 0.25) is 0 Å². The number of anilines is 1. The second-order valence-corrected chi connectivity index (χ2v) is 5.58. The molecule has 0 fully saturated rings. The van der Waals surface area contributed by atoms with Crippen LogP contribution < -0.4 is 5.32 Å². The number of benzene rings is 2. The summed E-state index contributed by atoms with van der Waals surface area (Å²) in [5.74, 6) is -1.56. The van der Waals surface area contributed by atoms with Gasteiger partial charge in [-0.2, -0.15) is 0 Å². The number of hydrogen-bond donors (Lipinski definition) is 2. The minimum absolute atomic E-state index is 0.0158. The molecule has 2 N–H and O–H groups in total. The van der Waals surface area contributed by atoms with Crippen LogP contribution in [0.2, 0.25) is 10.0 Å². The standard InChI is InChI=1S/C16H13Cl2NO4/c1-9(23-16(22)13-4-2-3-5-14(13)20)15(21)19-12-7-10(17)6-11(18)8-12/h2-9,20H,1H3,(H,19,21)/t9-/m0/s1. The first-order valence-electron chi connectivity index (χ1n) is 6.63. The number of hydrogen-bond acceptors (Lipinski definition) is 4. The smallest absolute Gasteiger partial charge is 0.342 e. The Morgan fingerprint density at radius 1 is 1.13 bits per heavy atom. The van der Waals surface area contributed by atoms with Crippen LogP contribution in [-0.2, 0) is 9.53 Å². The molecule has 23 heavy (non-hydrogen) atoms. The van der Waals surface area contributed by atoms with Crippen molar-refractivity contribution < 1.29 is 19.4 Å². The fraction of sp³-hybridized carbons (Fsp3) is 0.125. The molecule has 0 unspecified atom stereocenters. The normalized spacial score (nSPS) is 11.6. The van der Waals surface area contributed by atoms with Crippen molar-refractivity contribution in [3.63, 3.8) is 0 Å². The molecule has 0 aliphatic heterocycles. The topological polar surface area (TPSA) is 75.6 Å². The van der Waals surface area contributed by atoms with E-state index in [0.29, 0.717) is 15.7 Å². The first-order valence-corrected chi connectivity index (χ1v) is 7.38. The molecular weight excluding hydrogens is 341 g/mol. The van der Waals surface area contributed by atoms with Gasteiger partial charge < -0.3 is 15.2 Å². The van der Waals surface area contributed by atoms with Crippen LogP contribution in [0.25, 0.3) is 0 Å². The molecule has 0 saturated heterocycles. The van der Waals surface area contributed by atoms with Crippen LogP contribution in [0.15, 0.2) is 42.5 Å². The lowest BCUT2D eigenvalue weighted by atomic mass is 10.2. The highest BCUT2D eigenvalue weighted by molar-refractivity contribution is 6.35. The first kappa shape index (κ1) is 17.1. The minimum Gasteiger partial charge on any atom is -0.507 e. The Balaban J connectivity index is 2.02. The Morgan fingerprint density at radius 3 is 2.35 bits per heavy atom. The highest BCUT2D eigenvalue weighted by Crippen LogP contribution is 2.23. The zero-order valence-corrected chi connectivity index (χ0v) is 13.6. The van der Waals surface area contributed by atoms with E-state index >= 15 is 0 Å². The molecule has 2 aromatic carbocycles. The van der Waals surface area contributed by atoms with Gasteiger partial charge >= 0.3 is 5.97 Å². The molecule has 0 heterocycles. The Labute approximate surface area is 142 Å². The van der Waals surface area contributed by atoms with E-state index < -0.39 is 18.0 Å². The summed E-state index contributed by atoms with van der Waals surface area (Å²) in [4.78, 5) is 24.0. The number of carbonyl (C=O) groups excluding carboxylic acids is 2. The van der Waals surface area contributed by atoms with Gasteiger partial charge in [0.15, 0.2) is 6.10 Å². The number of aromatic hydroxyl groups is 1.